The van der Waals surface area contributed by atoms with Gasteiger partial charge in [0.15, 0.2) is 5.13 Å². The van der Waals surface area contributed by atoms with Crippen molar-refractivity contribution in [3.63, 3.8) is 0 Å². The molecule has 1 N–H and O–H groups in total. The average Bonchev–Trinajstić information content (AvgIpc) is 3.18. The van der Waals surface area contributed by atoms with Crippen LogP contribution in [0.25, 0.3) is 0 Å². The highest BCUT2D eigenvalue weighted by Gasteiger charge is 2.35. The van der Waals surface area contributed by atoms with Gasteiger partial charge in [0.1, 0.15) is 4.88 Å². The van der Waals surface area contributed by atoms with Crippen LogP contribution in [-0.2, 0) is 0 Å². The minimum absolute atomic E-state index is 0.406. The Balaban J connectivity index is 1.93. The summed E-state index contributed by atoms with van der Waals surface area (Å²) in [7, 11) is 0. The van der Waals surface area contributed by atoms with Gasteiger partial charge in [-0.05, 0) is 32.6 Å². The van der Waals surface area contributed by atoms with Gasteiger partial charge in [0, 0.05) is 18.5 Å². The van der Waals surface area contributed by atoms with Crippen molar-refractivity contribution in [2.75, 3.05) is 11.4 Å². The summed E-state index contributed by atoms with van der Waals surface area (Å²) in [5, 5.41) is 10.1. The SMILES string of the molecule is CCN(c1nc(C2CC2)c(C(=O)O)s1)C1CC1. The molecule has 1 heterocycles. The van der Waals surface area contributed by atoms with Crippen LogP contribution in [0.15, 0.2) is 0 Å². The quantitative estimate of drug-likeness (QED) is 0.875. The summed E-state index contributed by atoms with van der Waals surface area (Å²) in [6, 6.07) is 0.597. The highest BCUT2D eigenvalue weighted by atomic mass is 32.1. The van der Waals surface area contributed by atoms with E-state index < -0.39 is 5.97 Å². The molecule has 17 heavy (non-hydrogen) atoms. The fourth-order valence-electron chi connectivity index (χ4n) is 2.17. The van der Waals surface area contributed by atoms with Crippen molar-refractivity contribution < 1.29 is 9.90 Å². The van der Waals surface area contributed by atoms with Gasteiger partial charge in [0.25, 0.3) is 0 Å². The zero-order valence-electron chi connectivity index (χ0n) is 9.85. The van der Waals surface area contributed by atoms with Gasteiger partial charge in [0.2, 0.25) is 0 Å². The van der Waals surface area contributed by atoms with Crippen LogP contribution in [-0.4, -0.2) is 28.6 Å². The highest BCUT2D eigenvalue weighted by Crippen LogP contribution is 2.45. The number of anilines is 1. The zero-order chi connectivity index (χ0) is 12.0. The second-order valence-electron chi connectivity index (χ2n) is 4.81. The summed E-state index contributed by atoms with van der Waals surface area (Å²) in [6.45, 7) is 3.03. The smallest absolute Gasteiger partial charge is 0.347 e. The van der Waals surface area contributed by atoms with Crippen LogP contribution in [0, 0.1) is 0 Å². The predicted molar refractivity (Wildman–Crippen MR) is 67.1 cm³/mol. The Morgan fingerprint density at radius 2 is 2.18 bits per heavy atom. The molecule has 1 aromatic heterocycles. The first-order chi connectivity index (χ1) is 8.20. The first kappa shape index (κ1) is 11.0. The third-order valence-electron chi connectivity index (χ3n) is 3.37. The highest BCUT2D eigenvalue weighted by molar-refractivity contribution is 7.17. The summed E-state index contributed by atoms with van der Waals surface area (Å²) in [5.41, 5.74) is 0.830. The van der Waals surface area contributed by atoms with Crippen LogP contribution in [0.3, 0.4) is 0 Å². The van der Waals surface area contributed by atoms with E-state index in [4.69, 9.17) is 0 Å². The van der Waals surface area contributed by atoms with E-state index in [-0.39, 0.29) is 0 Å². The first-order valence-corrected chi connectivity index (χ1v) is 7.03. The summed E-state index contributed by atoms with van der Waals surface area (Å²) < 4.78 is 0. The van der Waals surface area contributed by atoms with E-state index in [9.17, 15) is 9.90 Å². The van der Waals surface area contributed by atoms with E-state index in [0.717, 1.165) is 30.2 Å². The zero-order valence-corrected chi connectivity index (χ0v) is 10.7. The fraction of sp³-hybridized carbons (Fsp3) is 0.667. The molecule has 92 valence electrons. The third-order valence-corrected chi connectivity index (χ3v) is 4.47. The number of hydrogen-bond acceptors (Lipinski definition) is 4. The summed E-state index contributed by atoms with van der Waals surface area (Å²) in [5.74, 6) is -0.411. The molecular formula is C12H16N2O2S. The number of aromatic nitrogens is 1. The minimum atomic E-state index is -0.817. The van der Waals surface area contributed by atoms with E-state index in [1.807, 2.05) is 0 Å². The first-order valence-electron chi connectivity index (χ1n) is 6.21. The van der Waals surface area contributed by atoms with Crippen molar-refractivity contribution in [1.29, 1.82) is 0 Å². The molecule has 2 aliphatic carbocycles. The summed E-state index contributed by atoms with van der Waals surface area (Å²) in [6.07, 6.45) is 4.63. The summed E-state index contributed by atoms with van der Waals surface area (Å²) >= 11 is 1.35. The molecule has 2 fully saturated rings. The number of nitrogens with zero attached hydrogens (tertiary/aromatic N) is 2. The maximum Gasteiger partial charge on any atom is 0.347 e. The number of hydrogen-bond donors (Lipinski definition) is 1. The van der Waals surface area contributed by atoms with Gasteiger partial charge in [-0.2, -0.15) is 0 Å². The van der Waals surface area contributed by atoms with Crippen molar-refractivity contribution in [2.24, 2.45) is 0 Å². The lowest BCUT2D eigenvalue weighted by atomic mass is 10.2. The molecule has 0 radical (unpaired) electrons. The van der Waals surface area contributed by atoms with Crippen LogP contribution in [0.4, 0.5) is 5.13 Å². The predicted octanol–water partition coefficient (Wildman–Crippen LogP) is 2.71. The molecule has 4 nitrogen and oxygen atoms in total. The van der Waals surface area contributed by atoms with Gasteiger partial charge >= 0.3 is 5.97 Å². The molecular weight excluding hydrogens is 236 g/mol. The van der Waals surface area contributed by atoms with E-state index in [1.165, 1.54) is 24.2 Å². The van der Waals surface area contributed by atoms with Gasteiger partial charge in [-0.15, -0.1) is 0 Å². The van der Waals surface area contributed by atoms with Crippen molar-refractivity contribution in [3.05, 3.63) is 10.6 Å². The Morgan fingerprint density at radius 1 is 1.47 bits per heavy atom. The third kappa shape index (κ3) is 2.04. The molecule has 0 aliphatic heterocycles. The van der Waals surface area contributed by atoms with Crippen LogP contribution < -0.4 is 4.90 Å². The van der Waals surface area contributed by atoms with E-state index in [0.29, 0.717) is 16.8 Å². The minimum Gasteiger partial charge on any atom is -0.477 e. The molecule has 5 heteroatoms. The van der Waals surface area contributed by atoms with Crippen molar-refractivity contribution in [3.8, 4) is 0 Å². The lowest BCUT2D eigenvalue weighted by molar-refractivity contribution is 0.0700. The molecule has 0 bridgehead atoms. The van der Waals surface area contributed by atoms with E-state index in [1.54, 1.807) is 0 Å². The number of carbonyl (C=O) groups is 1. The molecule has 1 aromatic rings. The van der Waals surface area contributed by atoms with E-state index >= 15 is 0 Å². The Kier molecular flexibility index (Phi) is 2.58. The molecule has 2 saturated carbocycles. The maximum atomic E-state index is 11.2. The van der Waals surface area contributed by atoms with Crippen LogP contribution >= 0.6 is 11.3 Å². The molecule has 3 rings (SSSR count). The van der Waals surface area contributed by atoms with Crippen molar-refractivity contribution >= 4 is 22.4 Å². The molecule has 0 unspecified atom stereocenters. The topological polar surface area (TPSA) is 53.4 Å². The van der Waals surface area contributed by atoms with Crippen molar-refractivity contribution in [2.45, 2.75) is 44.6 Å². The Labute approximate surface area is 104 Å². The lowest BCUT2D eigenvalue weighted by Crippen LogP contribution is -2.24. The van der Waals surface area contributed by atoms with Gasteiger partial charge in [-0.3, -0.25) is 0 Å². The number of thiazole rings is 1. The molecule has 2 aliphatic rings. The fourth-order valence-corrected chi connectivity index (χ4v) is 3.29. The second-order valence-corrected chi connectivity index (χ2v) is 5.78. The summed E-state index contributed by atoms with van der Waals surface area (Å²) in [4.78, 5) is 18.5. The molecule has 0 saturated heterocycles. The number of carboxylic acids is 1. The van der Waals surface area contributed by atoms with E-state index in [2.05, 4.69) is 16.8 Å². The molecule has 0 spiro atoms. The molecule has 0 atom stereocenters. The number of rotatable bonds is 5. The van der Waals surface area contributed by atoms with Crippen LogP contribution in [0.5, 0.6) is 0 Å². The van der Waals surface area contributed by atoms with Gasteiger partial charge < -0.3 is 10.0 Å². The second kappa shape index (κ2) is 3.98. The molecule has 0 aromatic carbocycles. The monoisotopic (exact) mass is 252 g/mol. The maximum absolute atomic E-state index is 11.2. The average molecular weight is 252 g/mol. The van der Waals surface area contributed by atoms with Gasteiger partial charge in [-0.25, -0.2) is 9.78 Å². The Bertz CT molecular complexity index is 449. The van der Waals surface area contributed by atoms with Crippen LogP contribution in [0.1, 0.15) is 53.9 Å². The van der Waals surface area contributed by atoms with Crippen molar-refractivity contribution in [1.82, 2.24) is 4.98 Å². The number of aromatic carboxylic acids is 1. The standard InChI is InChI=1S/C12H16N2O2S/c1-2-14(8-5-6-8)12-13-9(7-3-4-7)10(17-12)11(15)16/h7-8H,2-6H2,1H3,(H,15,16). The lowest BCUT2D eigenvalue weighted by Gasteiger charge is -2.18. The molecule has 0 amide bonds. The largest absolute Gasteiger partial charge is 0.477 e. The van der Waals surface area contributed by atoms with Gasteiger partial charge in [0.05, 0.1) is 5.69 Å². The van der Waals surface area contributed by atoms with Crippen LogP contribution in [0.2, 0.25) is 0 Å². The number of carboxylic acid groups (broad SMARTS) is 1. The van der Waals surface area contributed by atoms with Gasteiger partial charge in [-0.1, -0.05) is 11.3 Å². The Hall–Kier alpha value is -1.10. The Morgan fingerprint density at radius 3 is 2.65 bits per heavy atom. The normalized spacial score (nSPS) is 19.4.